The van der Waals surface area contributed by atoms with Gasteiger partial charge in [-0.15, -0.1) is 0 Å². The maximum Gasteiger partial charge on any atom is 0.261 e. The Balaban J connectivity index is 2.35. The van der Waals surface area contributed by atoms with E-state index in [-0.39, 0.29) is 16.1 Å². The van der Waals surface area contributed by atoms with Gasteiger partial charge in [0.05, 0.1) is 4.90 Å². The van der Waals surface area contributed by atoms with Gasteiger partial charge in [-0.25, -0.2) is 13.6 Å². The van der Waals surface area contributed by atoms with E-state index in [4.69, 9.17) is 5.14 Å². The Morgan fingerprint density at radius 1 is 1.29 bits per heavy atom. The van der Waals surface area contributed by atoms with Crippen LogP contribution in [-0.4, -0.2) is 19.3 Å². The number of pyridine rings is 1. The second-order valence-corrected chi connectivity index (χ2v) is 5.93. The summed E-state index contributed by atoms with van der Waals surface area (Å²) in [6.45, 7) is 1.59. The molecule has 1 heterocycles. The highest BCUT2D eigenvalue weighted by atomic mass is 32.2. The van der Waals surface area contributed by atoms with E-state index < -0.39 is 21.4 Å². The van der Waals surface area contributed by atoms with Crippen molar-refractivity contribution in [2.45, 2.75) is 11.8 Å². The van der Waals surface area contributed by atoms with Gasteiger partial charge in [0.1, 0.15) is 5.56 Å². The number of aryl methyl sites for hydroxylation is 1. The number of H-pyrrole nitrogens is 1. The summed E-state index contributed by atoms with van der Waals surface area (Å²) in [5, 5.41) is 7.56. The SMILES string of the molecule is Cc1ccc(NC(=O)c2c[nH]ccc2=O)cc1S(N)(=O)=O. The first kappa shape index (κ1) is 14.9. The largest absolute Gasteiger partial charge is 0.367 e. The van der Waals surface area contributed by atoms with Crippen LogP contribution in [0.25, 0.3) is 0 Å². The van der Waals surface area contributed by atoms with Crippen LogP contribution in [0.5, 0.6) is 0 Å². The molecule has 1 aromatic carbocycles. The lowest BCUT2D eigenvalue weighted by Crippen LogP contribution is -2.21. The van der Waals surface area contributed by atoms with Crippen LogP contribution in [0.2, 0.25) is 0 Å². The Morgan fingerprint density at radius 2 is 2.00 bits per heavy atom. The van der Waals surface area contributed by atoms with Crippen molar-refractivity contribution < 1.29 is 13.2 Å². The maximum absolute atomic E-state index is 12.0. The second-order valence-electron chi connectivity index (χ2n) is 4.40. The smallest absolute Gasteiger partial charge is 0.261 e. The van der Waals surface area contributed by atoms with E-state index in [9.17, 15) is 18.0 Å². The van der Waals surface area contributed by atoms with E-state index in [1.807, 2.05) is 0 Å². The van der Waals surface area contributed by atoms with Crippen molar-refractivity contribution in [3.05, 3.63) is 58.0 Å². The number of sulfonamides is 1. The minimum Gasteiger partial charge on any atom is -0.367 e. The number of primary sulfonamides is 1. The summed E-state index contributed by atoms with van der Waals surface area (Å²) in [4.78, 5) is 26.1. The third-order valence-corrected chi connectivity index (χ3v) is 3.87. The molecule has 0 unspecified atom stereocenters. The van der Waals surface area contributed by atoms with Gasteiger partial charge in [0.15, 0.2) is 5.43 Å². The standard InChI is InChI=1S/C13H13N3O4S/c1-8-2-3-9(6-12(8)21(14,19)20)16-13(18)10-7-15-5-4-11(10)17/h2-7H,1H3,(H,15,17)(H,16,18)(H2,14,19,20). The van der Waals surface area contributed by atoms with Gasteiger partial charge in [0.2, 0.25) is 10.0 Å². The summed E-state index contributed by atoms with van der Waals surface area (Å²) in [5.74, 6) is -0.638. The Labute approximate surface area is 120 Å². The topological polar surface area (TPSA) is 122 Å². The second kappa shape index (κ2) is 5.51. The molecule has 0 aliphatic rings. The summed E-state index contributed by atoms with van der Waals surface area (Å²) < 4.78 is 22.9. The van der Waals surface area contributed by atoms with E-state index in [2.05, 4.69) is 10.3 Å². The molecule has 7 nitrogen and oxygen atoms in total. The molecule has 0 aliphatic carbocycles. The number of amides is 1. The van der Waals surface area contributed by atoms with Gasteiger partial charge in [-0.3, -0.25) is 9.59 Å². The predicted molar refractivity (Wildman–Crippen MR) is 77.6 cm³/mol. The summed E-state index contributed by atoms with van der Waals surface area (Å²) >= 11 is 0. The van der Waals surface area contributed by atoms with Crippen LogP contribution in [0.15, 0.2) is 46.3 Å². The third kappa shape index (κ3) is 3.36. The highest BCUT2D eigenvalue weighted by Gasteiger charge is 2.14. The molecule has 2 aromatic rings. The number of carbonyl (C=O) groups is 1. The van der Waals surface area contributed by atoms with Gasteiger partial charge < -0.3 is 10.3 Å². The van der Waals surface area contributed by atoms with E-state index in [1.165, 1.54) is 36.7 Å². The minimum absolute atomic E-state index is 0.0739. The fraction of sp³-hybridized carbons (Fsp3) is 0.0769. The van der Waals surface area contributed by atoms with Crippen molar-refractivity contribution in [3.8, 4) is 0 Å². The first-order valence-corrected chi connectivity index (χ1v) is 7.45. The first-order chi connectivity index (χ1) is 9.79. The number of hydrogen-bond acceptors (Lipinski definition) is 4. The normalized spacial score (nSPS) is 11.1. The molecular weight excluding hydrogens is 294 g/mol. The van der Waals surface area contributed by atoms with Crippen LogP contribution in [0.1, 0.15) is 15.9 Å². The van der Waals surface area contributed by atoms with Crippen molar-refractivity contribution in [2.75, 3.05) is 5.32 Å². The molecule has 0 fully saturated rings. The molecule has 0 radical (unpaired) electrons. The van der Waals surface area contributed by atoms with Crippen molar-refractivity contribution in [1.82, 2.24) is 4.98 Å². The van der Waals surface area contributed by atoms with Gasteiger partial charge in [0.25, 0.3) is 5.91 Å². The lowest BCUT2D eigenvalue weighted by molar-refractivity contribution is 0.102. The molecule has 1 amide bonds. The number of benzene rings is 1. The molecule has 0 bridgehead atoms. The number of anilines is 1. The van der Waals surface area contributed by atoms with E-state index >= 15 is 0 Å². The van der Waals surface area contributed by atoms with Gasteiger partial charge in [-0.1, -0.05) is 6.07 Å². The highest BCUT2D eigenvalue weighted by Crippen LogP contribution is 2.19. The van der Waals surface area contributed by atoms with E-state index in [0.29, 0.717) is 5.56 Å². The number of aromatic nitrogens is 1. The van der Waals surface area contributed by atoms with Crippen molar-refractivity contribution in [2.24, 2.45) is 5.14 Å². The molecular formula is C13H13N3O4S. The number of hydrogen-bond donors (Lipinski definition) is 3. The first-order valence-electron chi connectivity index (χ1n) is 5.91. The zero-order chi connectivity index (χ0) is 15.6. The number of nitrogens with one attached hydrogen (secondary N) is 2. The lowest BCUT2D eigenvalue weighted by atomic mass is 10.2. The zero-order valence-corrected chi connectivity index (χ0v) is 11.9. The molecule has 1 aromatic heterocycles. The summed E-state index contributed by atoms with van der Waals surface area (Å²) in [6, 6.07) is 5.52. The van der Waals surface area contributed by atoms with Crippen molar-refractivity contribution in [3.63, 3.8) is 0 Å². The quantitative estimate of drug-likeness (QED) is 0.767. The molecule has 0 saturated carbocycles. The molecule has 110 valence electrons. The third-order valence-electron chi connectivity index (χ3n) is 2.82. The zero-order valence-electron chi connectivity index (χ0n) is 11.1. The molecule has 0 aliphatic heterocycles. The highest BCUT2D eigenvalue weighted by molar-refractivity contribution is 7.89. The molecule has 8 heteroatoms. The number of rotatable bonds is 3. The van der Waals surface area contributed by atoms with Gasteiger partial charge >= 0.3 is 0 Å². The average molecular weight is 307 g/mol. The minimum atomic E-state index is -3.88. The van der Waals surface area contributed by atoms with Gasteiger partial charge in [-0.05, 0) is 24.6 Å². The van der Waals surface area contributed by atoms with Crippen LogP contribution in [0.4, 0.5) is 5.69 Å². The lowest BCUT2D eigenvalue weighted by Gasteiger charge is -2.08. The number of carbonyl (C=O) groups excluding carboxylic acids is 1. The Bertz CT molecular complexity index is 856. The van der Waals surface area contributed by atoms with E-state index in [1.54, 1.807) is 6.92 Å². The van der Waals surface area contributed by atoms with Crippen molar-refractivity contribution >= 4 is 21.6 Å². The predicted octanol–water partition coefficient (Wildman–Crippen LogP) is 0.583. The fourth-order valence-corrected chi connectivity index (χ4v) is 2.58. The summed E-state index contributed by atoms with van der Waals surface area (Å²) in [5.41, 5.74) is 0.186. The van der Waals surface area contributed by atoms with Gasteiger partial charge in [0, 0.05) is 24.1 Å². The van der Waals surface area contributed by atoms with Crippen LogP contribution in [0, 0.1) is 6.92 Å². The van der Waals surface area contributed by atoms with Crippen LogP contribution >= 0.6 is 0 Å². The van der Waals surface area contributed by atoms with Gasteiger partial charge in [-0.2, -0.15) is 0 Å². The molecule has 21 heavy (non-hydrogen) atoms. The summed E-state index contributed by atoms with van der Waals surface area (Å²) in [6.07, 6.45) is 2.68. The van der Waals surface area contributed by atoms with E-state index in [0.717, 1.165) is 0 Å². The monoisotopic (exact) mass is 307 g/mol. The Kier molecular flexibility index (Phi) is 3.92. The van der Waals surface area contributed by atoms with Crippen molar-refractivity contribution in [1.29, 1.82) is 0 Å². The van der Waals surface area contributed by atoms with Crippen LogP contribution in [-0.2, 0) is 10.0 Å². The number of aromatic amines is 1. The molecule has 0 atom stereocenters. The fourth-order valence-electron chi connectivity index (χ4n) is 1.78. The molecule has 2 rings (SSSR count). The van der Waals surface area contributed by atoms with Crippen LogP contribution < -0.4 is 15.9 Å². The Morgan fingerprint density at radius 3 is 2.62 bits per heavy atom. The van der Waals surface area contributed by atoms with Crippen LogP contribution in [0.3, 0.4) is 0 Å². The Hall–Kier alpha value is -2.45. The molecule has 0 saturated heterocycles. The molecule has 4 N–H and O–H groups in total. The summed E-state index contributed by atoms with van der Waals surface area (Å²) in [7, 11) is -3.88. The maximum atomic E-state index is 12.0. The average Bonchev–Trinajstić information content (AvgIpc) is 2.40. The molecule has 0 spiro atoms. The number of nitrogens with two attached hydrogens (primary N) is 1.